The molecule has 136 valence electrons. The Hall–Kier alpha value is -2.53. The lowest BCUT2D eigenvalue weighted by Gasteiger charge is -2.37. The van der Waals surface area contributed by atoms with E-state index in [1.54, 1.807) is 0 Å². The van der Waals surface area contributed by atoms with Crippen molar-refractivity contribution in [2.45, 2.75) is 30.7 Å². The summed E-state index contributed by atoms with van der Waals surface area (Å²) in [5.41, 5.74) is -0.326. The van der Waals surface area contributed by atoms with Crippen LogP contribution in [0.15, 0.2) is 24.3 Å². The molecule has 2 rings (SSSR count). The van der Waals surface area contributed by atoms with E-state index in [2.05, 4.69) is 4.74 Å². The number of rotatable bonds is 4. The summed E-state index contributed by atoms with van der Waals surface area (Å²) in [5, 5.41) is 38.1. The molecule has 10 nitrogen and oxygen atoms in total. The molecule has 0 radical (unpaired) electrons. The van der Waals surface area contributed by atoms with Crippen LogP contribution in [0.5, 0.6) is 0 Å². The number of benzene rings is 1. The molecule has 1 aliphatic rings. The number of ether oxygens (including phenoxy) is 3. The van der Waals surface area contributed by atoms with Gasteiger partial charge in [0.05, 0.1) is 18.2 Å². The molecule has 0 amide bonds. The Balaban J connectivity index is 2.22. The zero-order valence-electron chi connectivity index (χ0n) is 12.9. The number of carbonyl (C=O) groups excluding carboxylic acids is 2. The predicted octanol–water partition coefficient (Wildman–Crippen LogP) is -1.48. The minimum Gasteiger partial charge on any atom is -0.479 e. The summed E-state index contributed by atoms with van der Waals surface area (Å²) in [6, 6.07) is 5.48. The molecule has 0 saturated carbocycles. The van der Waals surface area contributed by atoms with Crippen LogP contribution in [-0.4, -0.2) is 76.1 Å². The molecule has 1 aromatic rings. The van der Waals surface area contributed by atoms with Crippen molar-refractivity contribution in [2.75, 3.05) is 7.11 Å². The van der Waals surface area contributed by atoms with Crippen LogP contribution in [0.2, 0.25) is 0 Å². The molecule has 1 aromatic carbocycles. The van der Waals surface area contributed by atoms with Crippen LogP contribution in [0, 0.1) is 0 Å². The van der Waals surface area contributed by atoms with Crippen LogP contribution in [0.25, 0.3) is 0 Å². The van der Waals surface area contributed by atoms with Crippen molar-refractivity contribution in [1.82, 2.24) is 0 Å². The van der Waals surface area contributed by atoms with Gasteiger partial charge < -0.3 is 34.6 Å². The normalized spacial score (nSPS) is 28.9. The fourth-order valence-electron chi connectivity index (χ4n) is 2.27. The lowest BCUT2D eigenvalue weighted by molar-refractivity contribution is -0.278. The van der Waals surface area contributed by atoms with Gasteiger partial charge in [0.1, 0.15) is 18.3 Å². The Labute approximate surface area is 141 Å². The van der Waals surface area contributed by atoms with Gasteiger partial charge in [0.2, 0.25) is 6.29 Å². The maximum atomic E-state index is 12.3. The fourth-order valence-corrected chi connectivity index (χ4v) is 2.27. The summed E-state index contributed by atoms with van der Waals surface area (Å²) in [6.45, 7) is 0. The SMILES string of the molecule is COC(=O)c1ccccc1C(=O)OC1OC(C(=O)O)C(O)C(O)C1O. The maximum absolute atomic E-state index is 12.3. The third kappa shape index (κ3) is 3.77. The molecule has 4 N–H and O–H groups in total. The highest BCUT2D eigenvalue weighted by molar-refractivity contribution is 6.03. The maximum Gasteiger partial charge on any atom is 0.341 e. The third-order valence-electron chi connectivity index (χ3n) is 3.59. The van der Waals surface area contributed by atoms with Crippen molar-refractivity contribution in [3.63, 3.8) is 0 Å². The Bertz CT molecular complexity index is 672. The van der Waals surface area contributed by atoms with Crippen molar-refractivity contribution >= 4 is 17.9 Å². The van der Waals surface area contributed by atoms with Crippen LogP contribution in [0.1, 0.15) is 20.7 Å². The molecule has 0 spiro atoms. The van der Waals surface area contributed by atoms with E-state index in [-0.39, 0.29) is 11.1 Å². The van der Waals surface area contributed by atoms with Gasteiger partial charge in [-0.1, -0.05) is 12.1 Å². The zero-order valence-corrected chi connectivity index (χ0v) is 12.9. The average molecular weight is 356 g/mol. The van der Waals surface area contributed by atoms with E-state index >= 15 is 0 Å². The highest BCUT2D eigenvalue weighted by Gasteiger charge is 2.48. The zero-order chi connectivity index (χ0) is 18.7. The quantitative estimate of drug-likeness (QED) is 0.469. The fraction of sp³-hybridized carbons (Fsp3) is 0.400. The Morgan fingerprint density at radius 2 is 1.52 bits per heavy atom. The molecule has 1 heterocycles. The van der Waals surface area contributed by atoms with Crippen LogP contribution in [0.3, 0.4) is 0 Å². The van der Waals surface area contributed by atoms with Gasteiger partial charge in [-0.15, -0.1) is 0 Å². The van der Waals surface area contributed by atoms with Crippen molar-refractivity contribution in [2.24, 2.45) is 0 Å². The number of aliphatic hydroxyl groups is 3. The van der Waals surface area contributed by atoms with Gasteiger partial charge in [-0.2, -0.15) is 0 Å². The van der Waals surface area contributed by atoms with Gasteiger partial charge in [0.15, 0.2) is 6.10 Å². The molecule has 5 unspecified atom stereocenters. The van der Waals surface area contributed by atoms with Gasteiger partial charge in [-0.3, -0.25) is 0 Å². The van der Waals surface area contributed by atoms with Gasteiger partial charge in [0, 0.05) is 0 Å². The molecule has 25 heavy (non-hydrogen) atoms. The average Bonchev–Trinajstić information content (AvgIpc) is 2.61. The topological polar surface area (TPSA) is 160 Å². The van der Waals surface area contributed by atoms with Gasteiger partial charge in [-0.05, 0) is 12.1 Å². The molecule has 5 atom stereocenters. The van der Waals surface area contributed by atoms with E-state index in [0.717, 1.165) is 7.11 Å². The first-order valence-electron chi connectivity index (χ1n) is 7.08. The first-order chi connectivity index (χ1) is 11.8. The molecule has 10 heteroatoms. The predicted molar refractivity (Wildman–Crippen MR) is 77.5 cm³/mol. The second-order valence-electron chi connectivity index (χ2n) is 5.18. The lowest BCUT2D eigenvalue weighted by Crippen LogP contribution is -2.60. The van der Waals surface area contributed by atoms with E-state index in [4.69, 9.17) is 14.6 Å². The number of hydrogen-bond donors (Lipinski definition) is 4. The van der Waals surface area contributed by atoms with Gasteiger partial charge >= 0.3 is 17.9 Å². The van der Waals surface area contributed by atoms with Crippen molar-refractivity contribution < 1.29 is 49.0 Å². The molecule has 1 saturated heterocycles. The van der Waals surface area contributed by atoms with Crippen LogP contribution in [-0.2, 0) is 19.0 Å². The van der Waals surface area contributed by atoms with E-state index in [1.807, 2.05) is 0 Å². The first-order valence-corrected chi connectivity index (χ1v) is 7.08. The number of esters is 2. The van der Waals surface area contributed by atoms with E-state index in [0.29, 0.717) is 0 Å². The summed E-state index contributed by atoms with van der Waals surface area (Å²) in [5.74, 6) is -3.54. The minimum atomic E-state index is -1.91. The summed E-state index contributed by atoms with van der Waals surface area (Å²) in [7, 11) is 1.12. The van der Waals surface area contributed by atoms with Crippen molar-refractivity contribution in [3.8, 4) is 0 Å². The number of carboxylic acid groups (broad SMARTS) is 1. The lowest BCUT2D eigenvalue weighted by atomic mass is 9.99. The summed E-state index contributed by atoms with van der Waals surface area (Å²) >= 11 is 0. The molecule has 1 aliphatic heterocycles. The summed E-state index contributed by atoms with van der Waals surface area (Å²) < 4.78 is 14.3. The number of hydrogen-bond acceptors (Lipinski definition) is 9. The monoisotopic (exact) mass is 356 g/mol. The number of methoxy groups -OCH3 is 1. The minimum absolute atomic E-state index is 0.115. The number of aliphatic hydroxyl groups excluding tert-OH is 3. The van der Waals surface area contributed by atoms with Gasteiger partial charge in [0.25, 0.3) is 0 Å². The molecule has 1 fully saturated rings. The van der Waals surface area contributed by atoms with E-state index < -0.39 is 48.6 Å². The van der Waals surface area contributed by atoms with Crippen molar-refractivity contribution in [3.05, 3.63) is 35.4 Å². The standard InChI is InChI=1S/C15H16O10/c1-23-13(21)6-4-2-3-5-7(6)14(22)25-15-10(18)8(16)9(17)11(24-15)12(19)20/h2-5,8-11,15-18H,1H3,(H,19,20). The van der Waals surface area contributed by atoms with E-state index in [9.17, 15) is 29.7 Å². The Morgan fingerprint density at radius 3 is 2.04 bits per heavy atom. The van der Waals surface area contributed by atoms with Crippen molar-refractivity contribution in [1.29, 1.82) is 0 Å². The summed E-state index contributed by atoms with van der Waals surface area (Å²) in [4.78, 5) is 34.9. The summed E-state index contributed by atoms with van der Waals surface area (Å²) in [6.07, 6.45) is -9.49. The molecular weight excluding hydrogens is 340 g/mol. The van der Waals surface area contributed by atoms with Crippen LogP contribution >= 0.6 is 0 Å². The smallest absolute Gasteiger partial charge is 0.341 e. The molecule has 0 bridgehead atoms. The molecule has 0 aromatic heterocycles. The first kappa shape index (κ1) is 18.8. The highest BCUT2D eigenvalue weighted by Crippen LogP contribution is 2.24. The Morgan fingerprint density at radius 1 is 0.960 bits per heavy atom. The second-order valence-corrected chi connectivity index (χ2v) is 5.18. The Kier molecular flexibility index (Phi) is 5.69. The van der Waals surface area contributed by atoms with Crippen LogP contribution < -0.4 is 0 Å². The van der Waals surface area contributed by atoms with Crippen LogP contribution in [0.4, 0.5) is 0 Å². The third-order valence-corrected chi connectivity index (χ3v) is 3.59. The number of carboxylic acids is 1. The molecular formula is C15H16O10. The van der Waals surface area contributed by atoms with Gasteiger partial charge in [-0.25, -0.2) is 14.4 Å². The van der Waals surface area contributed by atoms with E-state index in [1.165, 1.54) is 24.3 Å². The number of aliphatic carboxylic acids is 1. The molecule has 0 aliphatic carbocycles. The number of carbonyl (C=O) groups is 3. The largest absolute Gasteiger partial charge is 0.479 e. The highest BCUT2D eigenvalue weighted by atomic mass is 16.7. The second kappa shape index (κ2) is 7.57.